The van der Waals surface area contributed by atoms with Crippen LogP contribution >= 0.6 is 0 Å². The Bertz CT molecular complexity index is 850. The molecule has 9 nitrogen and oxygen atoms in total. The molecule has 0 bridgehead atoms. The average Bonchev–Trinajstić information content (AvgIpc) is 3.23. The minimum absolute atomic E-state index is 0.120. The maximum atomic E-state index is 12.8. The fourth-order valence-electron chi connectivity index (χ4n) is 3.64. The molecule has 1 saturated carbocycles. The van der Waals surface area contributed by atoms with E-state index in [-0.39, 0.29) is 24.8 Å². The maximum absolute atomic E-state index is 12.8. The van der Waals surface area contributed by atoms with E-state index in [0.717, 1.165) is 44.3 Å². The second kappa shape index (κ2) is 6.80. The van der Waals surface area contributed by atoms with Gasteiger partial charge in [-0.15, -0.1) is 5.10 Å². The van der Waals surface area contributed by atoms with Crippen LogP contribution in [0.1, 0.15) is 49.6 Å². The molecule has 1 saturated heterocycles. The van der Waals surface area contributed by atoms with Crippen molar-refractivity contribution in [2.24, 2.45) is 0 Å². The quantitative estimate of drug-likeness (QED) is 0.852. The lowest BCUT2D eigenvalue weighted by Crippen LogP contribution is -2.46. The molecule has 0 aromatic carbocycles. The van der Waals surface area contributed by atoms with Crippen molar-refractivity contribution in [1.29, 1.82) is 0 Å². The summed E-state index contributed by atoms with van der Waals surface area (Å²) < 4.78 is 16.5. The van der Waals surface area contributed by atoms with Crippen LogP contribution in [0.3, 0.4) is 0 Å². The maximum Gasteiger partial charge on any atom is 0.322 e. The molecule has 1 N–H and O–H groups in total. The Morgan fingerprint density at radius 1 is 1.22 bits per heavy atom. The zero-order valence-electron chi connectivity index (χ0n) is 14.9. The number of amides is 1. The molecule has 2 aromatic heterocycles. The third-order valence-corrected chi connectivity index (χ3v) is 5.23. The number of pyridine rings is 1. The summed E-state index contributed by atoms with van der Waals surface area (Å²) in [6, 6.07) is 1.71. The number of nitrogens with zero attached hydrogens (tertiary/aromatic N) is 4. The highest BCUT2D eigenvalue weighted by atomic mass is 16.7. The lowest BCUT2D eigenvalue weighted by Gasteiger charge is -2.34. The number of hydrogen-bond donors (Lipinski definition) is 1. The predicted octanol–water partition coefficient (Wildman–Crippen LogP) is 2.06. The van der Waals surface area contributed by atoms with Crippen LogP contribution in [0.2, 0.25) is 0 Å². The van der Waals surface area contributed by atoms with E-state index in [0.29, 0.717) is 29.9 Å². The third kappa shape index (κ3) is 3.34. The second-order valence-electron chi connectivity index (χ2n) is 7.18. The van der Waals surface area contributed by atoms with Gasteiger partial charge in [0.1, 0.15) is 5.69 Å². The van der Waals surface area contributed by atoms with E-state index in [1.54, 1.807) is 12.3 Å². The fourth-order valence-corrected chi connectivity index (χ4v) is 3.64. The molecule has 4 heterocycles. The van der Waals surface area contributed by atoms with Crippen LogP contribution in [0.4, 0.5) is 6.01 Å². The van der Waals surface area contributed by atoms with Crippen LogP contribution < -0.4 is 14.8 Å². The SMILES string of the molecule is O=C(Nc1nnc(C2CC2)o1)[C@H]1CCCCN1Cc1nccc2c1OCO2. The number of hydrogen-bond acceptors (Lipinski definition) is 8. The van der Waals surface area contributed by atoms with Crippen molar-refractivity contribution in [1.82, 2.24) is 20.1 Å². The standard InChI is InChI=1S/C18H21N5O4/c24-16(20-18-22-21-17(27-18)11-4-5-11)13-3-1-2-8-23(13)9-12-15-14(6-7-19-12)25-10-26-15/h6-7,11,13H,1-5,8-10H2,(H,20,22,24)/t13-/m1/s1. The molecule has 5 rings (SSSR count). The van der Waals surface area contributed by atoms with Crippen LogP contribution in [0.15, 0.2) is 16.7 Å². The minimum Gasteiger partial charge on any atom is -0.453 e. The molecular weight excluding hydrogens is 350 g/mol. The molecule has 2 aromatic rings. The zero-order valence-corrected chi connectivity index (χ0v) is 14.9. The second-order valence-corrected chi connectivity index (χ2v) is 7.18. The summed E-state index contributed by atoms with van der Waals surface area (Å²) in [7, 11) is 0. The number of fused-ring (bicyclic) bond motifs is 1. The number of carbonyl (C=O) groups excluding carboxylic acids is 1. The van der Waals surface area contributed by atoms with E-state index in [2.05, 4.69) is 25.4 Å². The summed E-state index contributed by atoms with van der Waals surface area (Å²) in [5.74, 6) is 2.24. The Hall–Kier alpha value is -2.68. The Labute approximate surface area is 156 Å². The van der Waals surface area contributed by atoms with Gasteiger partial charge < -0.3 is 13.9 Å². The van der Waals surface area contributed by atoms with Gasteiger partial charge in [-0.05, 0) is 32.2 Å². The highest BCUT2D eigenvalue weighted by Gasteiger charge is 2.33. The van der Waals surface area contributed by atoms with Gasteiger partial charge in [-0.25, -0.2) is 0 Å². The van der Waals surface area contributed by atoms with Crippen molar-refractivity contribution in [3.8, 4) is 11.5 Å². The van der Waals surface area contributed by atoms with Crippen molar-refractivity contribution in [2.75, 3.05) is 18.7 Å². The van der Waals surface area contributed by atoms with Crippen LogP contribution in [-0.4, -0.2) is 45.4 Å². The van der Waals surface area contributed by atoms with Crippen LogP contribution in [0.25, 0.3) is 0 Å². The lowest BCUT2D eigenvalue weighted by atomic mass is 10.0. The summed E-state index contributed by atoms with van der Waals surface area (Å²) in [6.45, 7) is 1.56. The van der Waals surface area contributed by atoms with E-state index in [1.165, 1.54) is 0 Å². The van der Waals surface area contributed by atoms with E-state index in [1.807, 2.05) is 0 Å². The molecule has 1 aliphatic carbocycles. The fraction of sp³-hybridized carbons (Fsp3) is 0.556. The minimum atomic E-state index is -0.269. The van der Waals surface area contributed by atoms with Gasteiger partial charge in [0.25, 0.3) is 0 Å². The molecule has 1 atom stereocenters. The Balaban J connectivity index is 1.29. The Morgan fingerprint density at radius 3 is 3.04 bits per heavy atom. The molecule has 9 heteroatoms. The predicted molar refractivity (Wildman–Crippen MR) is 93.3 cm³/mol. The first-order chi connectivity index (χ1) is 13.3. The topological polar surface area (TPSA) is 103 Å². The molecule has 2 aliphatic heterocycles. The molecule has 2 fully saturated rings. The van der Waals surface area contributed by atoms with Gasteiger partial charge >= 0.3 is 6.01 Å². The molecule has 0 radical (unpaired) electrons. The number of likely N-dealkylation sites (tertiary alicyclic amines) is 1. The monoisotopic (exact) mass is 371 g/mol. The molecule has 1 amide bonds. The van der Waals surface area contributed by atoms with Gasteiger partial charge in [-0.2, -0.15) is 0 Å². The van der Waals surface area contributed by atoms with Crippen molar-refractivity contribution in [2.45, 2.75) is 50.6 Å². The van der Waals surface area contributed by atoms with E-state index in [4.69, 9.17) is 13.9 Å². The van der Waals surface area contributed by atoms with Gasteiger partial charge in [-0.3, -0.25) is 20.0 Å². The first-order valence-electron chi connectivity index (χ1n) is 9.40. The number of aromatic nitrogens is 3. The smallest absolute Gasteiger partial charge is 0.322 e. The van der Waals surface area contributed by atoms with Crippen LogP contribution in [-0.2, 0) is 11.3 Å². The largest absolute Gasteiger partial charge is 0.453 e. The van der Waals surface area contributed by atoms with Crippen LogP contribution in [0, 0.1) is 0 Å². The summed E-state index contributed by atoms with van der Waals surface area (Å²) in [4.78, 5) is 19.4. The van der Waals surface area contributed by atoms with Crippen molar-refractivity contribution >= 4 is 11.9 Å². The number of carbonyl (C=O) groups is 1. The normalized spacial score (nSPS) is 22.0. The first kappa shape index (κ1) is 16.5. The number of piperidine rings is 1. The average molecular weight is 371 g/mol. The van der Waals surface area contributed by atoms with Gasteiger partial charge in [-0.1, -0.05) is 11.5 Å². The van der Waals surface area contributed by atoms with Crippen molar-refractivity contribution in [3.63, 3.8) is 0 Å². The van der Waals surface area contributed by atoms with E-state index >= 15 is 0 Å². The van der Waals surface area contributed by atoms with Gasteiger partial charge in [0.05, 0.1) is 6.04 Å². The molecule has 27 heavy (non-hydrogen) atoms. The highest BCUT2D eigenvalue weighted by Crippen LogP contribution is 2.39. The van der Waals surface area contributed by atoms with Gasteiger partial charge in [0, 0.05) is 24.7 Å². The van der Waals surface area contributed by atoms with Crippen molar-refractivity contribution < 1.29 is 18.7 Å². The number of nitrogens with one attached hydrogen (secondary N) is 1. The lowest BCUT2D eigenvalue weighted by molar-refractivity contribution is -0.122. The summed E-state index contributed by atoms with van der Waals surface area (Å²) in [5, 5.41) is 10.8. The summed E-state index contributed by atoms with van der Waals surface area (Å²) in [6.07, 6.45) is 6.69. The van der Waals surface area contributed by atoms with E-state index in [9.17, 15) is 4.79 Å². The molecule has 142 valence electrons. The zero-order chi connectivity index (χ0) is 18.2. The summed E-state index contributed by atoms with van der Waals surface area (Å²) >= 11 is 0. The molecule has 0 spiro atoms. The highest BCUT2D eigenvalue weighted by molar-refractivity contribution is 5.93. The molecular formula is C18H21N5O4. The van der Waals surface area contributed by atoms with Gasteiger partial charge in [0.2, 0.25) is 18.6 Å². The summed E-state index contributed by atoms with van der Waals surface area (Å²) in [5.41, 5.74) is 0.790. The van der Waals surface area contributed by atoms with Crippen molar-refractivity contribution in [3.05, 3.63) is 23.8 Å². The molecule has 0 unspecified atom stereocenters. The third-order valence-electron chi connectivity index (χ3n) is 5.23. The Kier molecular flexibility index (Phi) is 4.16. The van der Waals surface area contributed by atoms with E-state index < -0.39 is 0 Å². The number of anilines is 1. The first-order valence-corrected chi connectivity index (χ1v) is 9.40. The number of ether oxygens (including phenoxy) is 2. The van der Waals surface area contributed by atoms with Gasteiger partial charge in [0.15, 0.2) is 11.5 Å². The van der Waals surface area contributed by atoms with Crippen LogP contribution in [0.5, 0.6) is 11.5 Å². The Morgan fingerprint density at radius 2 is 2.15 bits per heavy atom. The number of rotatable bonds is 5. The molecule has 3 aliphatic rings.